The van der Waals surface area contributed by atoms with Gasteiger partial charge in [0.25, 0.3) is 0 Å². The fourth-order valence-electron chi connectivity index (χ4n) is 11.7. The number of rotatable bonds is 24. The molecule has 0 fully saturated rings. The van der Waals surface area contributed by atoms with Crippen LogP contribution in [0.4, 0.5) is 11.4 Å². The average molecular weight is 1640 g/mol. The second-order valence-corrected chi connectivity index (χ2v) is 28.1. The number of pyridine rings is 10. The summed E-state index contributed by atoms with van der Waals surface area (Å²) in [5, 5.41) is 19.2. The summed E-state index contributed by atoms with van der Waals surface area (Å²) in [6.07, 6.45) is 14.2. The number of benzene rings is 6. The lowest BCUT2D eigenvalue weighted by atomic mass is 10.2. The van der Waals surface area contributed by atoms with Crippen molar-refractivity contribution in [3.05, 3.63) is 348 Å². The van der Waals surface area contributed by atoms with Crippen LogP contribution in [0.15, 0.2) is 286 Å². The van der Waals surface area contributed by atoms with E-state index in [0.29, 0.717) is 156 Å². The zero-order chi connectivity index (χ0) is 86.3. The van der Waals surface area contributed by atoms with Crippen LogP contribution in [-0.2, 0) is 0 Å². The molecule has 16 rings (SSSR count). The number of aromatic hydroxyl groups is 2. The monoisotopic (exact) mass is 1640 g/mol. The van der Waals surface area contributed by atoms with Gasteiger partial charge >= 0.3 is 0 Å². The van der Waals surface area contributed by atoms with Crippen LogP contribution in [0.5, 0.6) is 151 Å². The molecule has 26 heteroatoms. The van der Waals surface area contributed by atoms with Crippen molar-refractivity contribution in [3.8, 4) is 151 Å². The molecule has 0 aliphatic rings. The second kappa shape index (κ2) is 40.2. The lowest BCUT2D eigenvalue weighted by molar-refractivity contribution is 0.418. The van der Waals surface area contributed by atoms with E-state index in [0.717, 1.165) is 56.0 Å². The molecule has 16 aromatic rings. The highest BCUT2D eigenvalue weighted by Crippen LogP contribution is 2.42. The van der Waals surface area contributed by atoms with Crippen molar-refractivity contribution in [2.75, 3.05) is 11.5 Å². The largest absolute Gasteiger partial charge is 0.506 e. The van der Waals surface area contributed by atoms with Crippen LogP contribution in [0.1, 0.15) is 61.3 Å². The molecule has 0 aliphatic carbocycles. The Morgan fingerprint density at radius 2 is 0.472 bits per heavy atom. The molecule has 10 aromatic heterocycles. The van der Waals surface area contributed by atoms with Crippen LogP contribution in [0, 0.1) is 76.2 Å². The molecule has 0 spiro atoms. The lowest BCUT2D eigenvalue weighted by Crippen LogP contribution is -1.98. The maximum atomic E-state index is 9.58. The molecule has 0 saturated carbocycles. The Morgan fingerprint density at radius 1 is 0.211 bits per heavy atom. The van der Waals surface area contributed by atoms with Crippen LogP contribution in [0.2, 0.25) is 0 Å². The van der Waals surface area contributed by atoms with Gasteiger partial charge in [0.2, 0.25) is 58.8 Å². The topological polar surface area (TPSA) is 332 Å². The number of ether oxygens (including phenoxy) is 12. The third-order valence-electron chi connectivity index (χ3n) is 17.5. The summed E-state index contributed by atoms with van der Waals surface area (Å²) in [6, 6.07) is 69.5. The number of nitrogens with two attached hydrogens (primary N) is 2. The van der Waals surface area contributed by atoms with Gasteiger partial charge in [0.15, 0.2) is 0 Å². The molecule has 618 valence electrons. The van der Waals surface area contributed by atoms with E-state index in [-0.39, 0.29) is 11.5 Å². The van der Waals surface area contributed by atoms with Gasteiger partial charge in [-0.05, 0) is 167 Å². The number of hydrogen-bond acceptors (Lipinski definition) is 26. The van der Waals surface area contributed by atoms with Crippen LogP contribution >= 0.6 is 0 Å². The van der Waals surface area contributed by atoms with Crippen molar-refractivity contribution in [2.45, 2.75) is 76.2 Å². The first-order valence-electron chi connectivity index (χ1n) is 38.6. The van der Waals surface area contributed by atoms with E-state index in [1.54, 1.807) is 160 Å². The standard InChI is InChI=1S/C25H25N5O3.C24H21N3O3.C24H20N2O5.C24H20N2O3/c1-14-5-15(2)23(28-11-14)31-20-8-21(32-24-16(3)6-18(26)12-29-24)10-22(9-20)33-25-17(4)7-19(27)13-30-25;1-16-7-5-11-25-23(16)29-20-13-19(28-22-10-4-9-18(3)27-22)14-21(15-20)30-24-17(2)8-6-12-26-24;1-15-8-17(27)13-25-23(15)30-21-10-20(29-19-6-4-3-5-7-19)11-22(12-21)31-24-16(2)9-18(28)14-26-24;1-17-8-6-12-25-23(17)28-21-14-20(27-19-10-4-3-5-11-19)15-22(16-21)29-24-18(2)9-7-13-26-24/h5-13H,26-27H2,1-4H3;4-15H,1-3H3;3-14,27-28H,1-2H3;3-16H,1-2H3. The molecule has 6 N–H and O–H groups in total. The first-order valence-corrected chi connectivity index (χ1v) is 38.6. The minimum atomic E-state index is 0.0592. The summed E-state index contributed by atoms with van der Waals surface area (Å²) in [4.78, 5) is 42.8. The highest BCUT2D eigenvalue weighted by molar-refractivity contribution is 5.54. The summed E-state index contributed by atoms with van der Waals surface area (Å²) < 4.78 is 71.9. The minimum absolute atomic E-state index is 0.0592. The molecule has 0 radical (unpaired) electrons. The number of nitrogen functional groups attached to an aromatic ring is 2. The van der Waals surface area contributed by atoms with Gasteiger partial charge in [0.1, 0.15) is 92.0 Å². The first-order chi connectivity index (χ1) is 59.5. The Hall–Kier alpha value is -16.4. The summed E-state index contributed by atoms with van der Waals surface area (Å²) in [6.45, 7) is 20.9. The van der Waals surface area contributed by atoms with Gasteiger partial charge < -0.3 is 78.5 Å². The van der Waals surface area contributed by atoms with E-state index in [1.807, 2.05) is 190 Å². The number of aromatic nitrogens is 10. The zero-order valence-corrected chi connectivity index (χ0v) is 69.1. The SMILES string of the molecule is Cc1cc(O)cnc1Oc1cc(Oc2ccccc2)cc(Oc2ncc(O)cc2C)c1.Cc1cccc(Oc2cc(Oc3ncccc3C)cc(Oc3ncccc3C)c2)n1.Cc1cccnc1Oc1cc(Oc2ccccc2)cc(Oc2ncccc2C)c1.Cc1cnc(Oc2cc(Oc3ncc(N)cc3C)cc(Oc3ncc(N)cc3C)c2)c(C)c1. The summed E-state index contributed by atoms with van der Waals surface area (Å²) in [7, 11) is 0. The van der Waals surface area contributed by atoms with Crippen LogP contribution in [0.25, 0.3) is 0 Å². The highest BCUT2D eigenvalue weighted by Gasteiger charge is 2.19. The molecule has 0 unspecified atom stereocenters. The van der Waals surface area contributed by atoms with Gasteiger partial charge in [0.05, 0.1) is 36.2 Å². The molecule has 0 atom stereocenters. The average Bonchev–Trinajstić information content (AvgIpc) is 0.824. The molecule has 0 aliphatic heterocycles. The van der Waals surface area contributed by atoms with E-state index >= 15 is 0 Å². The quantitative estimate of drug-likeness (QED) is 0.0436. The van der Waals surface area contributed by atoms with E-state index in [4.69, 9.17) is 68.3 Å². The van der Waals surface area contributed by atoms with Crippen LogP contribution < -0.4 is 68.3 Å². The Labute approximate surface area is 710 Å². The molecule has 123 heavy (non-hydrogen) atoms. The number of hydrogen-bond donors (Lipinski definition) is 4. The van der Waals surface area contributed by atoms with Gasteiger partial charge in [0, 0.05) is 166 Å². The minimum Gasteiger partial charge on any atom is -0.506 e. The molecular formula is C97H86N12O14. The van der Waals surface area contributed by atoms with Gasteiger partial charge in [-0.3, -0.25) is 0 Å². The first kappa shape index (κ1) is 84.5. The third-order valence-corrected chi connectivity index (χ3v) is 17.5. The molecular weight excluding hydrogens is 1560 g/mol. The van der Waals surface area contributed by atoms with Crippen LogP contribution in [0.3, 0.4) is 0 Å². The van der Waals surface area contributed by atoms with Gasteiger partial charge in [-0.1, -0.05) is 66.7 Å². The Balaban J connectivity index is 0.000000141. The lowest BCUT2D eigenvalue weighted by Gasteiger charge is -2.14. The smallest absolute Gasteiger partial charge is 0.222 e. The summed E-state index contributed by atoms with van der Waals surface area (Å²) in [5.74, 6) is 12.2. The van der Waals surface area contributed by atoms with Crippen molar-refractivity contribution in [1.29, 1.82) is 0 Å². The third kappa shape index (κ3) is 24.6. The normalized spacial score (nSPS) is 10.5. The van der Waals surface area contributed by atoms with Gasteiger partial charge in [-0.25, -0.2) is 49.8 Å². The molecule has 6 aromatic carbocycles. The van der Waals surface area contributed by atoms with Crippen molar-refractivity contribution >= 4 is 11.4 Å². The number of nitrogens with zero attached hydrogens (tertiary/aromatic N) is 10. The molecule has 0 saturated heterocycles. The molecule has 26 nitrogen and oxygen atoms in total. The Bertz CT molecular complexity index is 5980. The predicted octanol–water partition coefficient (Wildman–Crippen LogP) is 24.2. The highest BCUT2D eigenvalue weighted by atomic mass is 16.5. The van der Waals surface area contributed by atoms with Gasteiger partial charge in [-0.2, -0.15) is 0 Å². The fraction of sp³-hybridized carbons (Fsp3) is 0.113. The zero-order valence-electron chi connectivity index (χ0n) is 69.1. The van der Waals surface area contributed by atoms with E-state index in [9.17, 15) is 10.2 Å². The predicted molar refractivity (Wildman–Crippen MR) is 466 cm³/mol. The summed E-state index contributed by atoms with van der Waals surface area (Å²) >= 11 is 0. The molecule has 0 amide bonds. The van der Waals surface area contributed by atoms with E-state index in [1.165, 1.54) is 12.4 Å². The number of para-hydroxylation sites is 2. The summed E-state index contributed by atoms with van der Waals surface area (Å²) in [5.41, 5.74) is 22.2. The van der Waals surface area contributed by atoms with Gasteiger partial charge in [-0.15, -0.1) is 0 Å². The number of aryl methyl sites for hydroxylation is 11. The van der Waals surface area contributed by atoms with Crippen molar-refractivity contribution < 1.29 is 67.1 Å². The van der Waals surface area contributed by atoms with Crippen LogP contribution in [-0.4, -0.2) is 60.1 Å². The van der Waals surface area contributed by atoms with Crippen molar-refractivity contribution in [1.82, 2.24) is 49.8 Å². The fourth-order valence-corrected chi connectivity index (χ4v) is 11.7. The van der Waals surface area contributed by atoms with E-state index < -0.39 is 0 Å². The van der Waals surface area contributed by atoms with Crippen molar-refractivity contribution in [3.63, 3.8) is 0 Å². The van der Waals surface area contributed by atoms with E-state index in [2.05, 4.69) is 49.8 Å². The molecule has 10 heterocycles. The maximum absolute atomic E-state index is 9.58. The maximum Gasteiger partial charge on any atom is 0.222 e. The molecule has 0 bridgehead atoms. The second-order valence-electron chi connectivity index (χ2n) is 28.1. The van der Waals surface area contributed by atoms with Crippen molar-refractivity contribution in [2.24, 2.45) is 0 Å². The Morgan fingerprint density at radius 3 is 0.748 bits per heavy atom. The number of anilines is 2. The Kier molecular flexibility index (Phi) is 27.6.